The van der Waals surface area contributed by atoms with Crippen LogP contribution in [0.2, 0.25) is 0 Å². The van der Waals surface area contributed by atoms with Crippen LogP contribution in [0.1, 0.15) is 19.3 Å². The van der Waals surface area contributed by atoms with Crippen LogP contribution in [0.5, 0.6) is 0 Å². The van der Waals surface area contributed by atoms with Crippen LogP contribution in [0.25, 0.3) is 0 Å². The van der Waals surface area contributed by atoms with Crippen molar-refractivity contribution in [2.75, 3.05) is 39.4 Å². The molecule has 4 aliphatic rings. The maximum Gasteiger partial charge on any atom is 0.102 e. The van der Waals surface area contributed by atoms with E-state index in [9.17, 15) is 5.11 Å². The molecule has 92 valence electrons. The first kappa shape index (κ1) is 11.0. The van der Waals surface area contributed by atoms with Gasteiger partial charge in [-0.3, -0.25) is 0 Å². The molecule has 2 bridgehead atoms. The lowest BCUT2D eigenvalue weighted by Gasteiger charge is -2.45. The highest BCUT2D eigenvalue weighted by Crippen LogP contribution is 2.28. The lowest BCUT2D eigenvalue weighted by atomic mass is 9.83. The number of fused-ring (bicyclic) bond motifs is 3. The van der Waals surface area contributed by atoms with Crippen LogP contribution >= 0.6 is 0 Å². The van der Waals surface area contributed by atoms with Gasteiger partial charge in [0.05, 0.1) is 6.61 Å². The number of nitrogens with one attached hydrogen (secondary N) is 1. The second-order valence-electron chi connectivity index (χ2n) is 5.65. The minimum absolute atomic E-state index is 0.501. The first-order valence-corrected chi connectivity index (χ1v) is 6.51. The van der Waals surface area contributed by atoms with Crippen LogP contribution in [0.3, 0.4) is 0 Å². The van der Waals surface area contributed by atoms with Crippen molar-refractivity contribution in [3.63, 3.8) is 0 Å². The molecule has 4 fully saturated rings. The summed E-state index contributed by atoms with van der Waals surface area (Å²) in [5, 5.41) is 13.8. The Bertz CT molecular complexity index is 245. The van der Waals surface area contributed by atoms with Gasteiger partial charge < -0.3 is 20.1 Å². The first-order valence-electron chi connectivity index (χ1n) is 6.51. The van der Waals surface area contributed by atoms with Gasteiger partial charge in [-0.15, -0.1) is 0 Å². The van der Waals surface area contributed by atoms with E-state index in [-0.39, 0.29) is 0 Å². The fraction of sp³-hybridized carbons (Fsp3) is 1.00. The van der Waals surface area contributed by atoms with Crippen molar-refractivity contribution < 1.29 is 9.84 Å². The molecule has 4 rings (SSSR count). The Labute approximate surface area is 97.0 Å². The molecule has 0 aromatic carbocycles. The summed E-state index contributed by atoms with van der Waals surface area (Å²) < 4.78 is 5.26. The van der Waals surface area contributed by atoms with E-state index >= 15 is 0 Å². The summed E-state index contributed by atoms with van der Waals surface area (Å²) in [7, 11) is 0. The predicted molar refractivity (Wildman–Crippen MR) is 61.3 cm³/mol. The van der Waals surface area contributed by atoms with Gasteiger partial charge >= 0.3 is 0 Å². The molecular weight excluding hydrogens is 204 g/mol. The Morgan fingerprint density at radius 3 is 2.75 bits per heavy atom. The average Bonchev–Trinajstić information content (AvgIpc) is 2.76. The van der Waals surface area contributed by atoms with Crippen molar-refractivity contribution in [2.24, 2.45) is 5.92 Å². The lowest BCUT2D eigenvalue weighted by Crippen LogP contribution is -2.58. The van der Waals surface area contributed by atoms with Crippen LogP contribution in [-0.4, -0.2) is 61.0 Å². The van der Waals surface area contributed by atoms with Crippen molar-refractivity contribution in [1.29, 1.82) is 0 Å². The molecule has 0 aromatic rings. The highest BCUT2D eigenvalue weighted by molar-refractivity contribution is 4.93. The van der Waals surface area contributed by atoms with Gasteiger partial charge in [-0.05, 0) is 31.8 Å². The number of nitrogens with zero attached hydrogens (tertiary/aromatic N) is 1. The lowest BCUT2D eigenvalue weighted by molar-refractivity contribution is 0.0107. The third-order valence-corrected chi connectivity index (χ3v) is 4.43. The molecule has 4 heteroatoms. The van der Waals surface area contributed by atoms with Gasteiger partial charge in [-0.1, -0.05) is 0 Å². The zero-order valence-corrected chi connectivity index (χ0v) is 9.82. The second kappa shape index (κ2) is 4.26. The van der Waals surface area contributed by atoms with Gasteiger partial charge in [0.2, 0.25) is 0 Å². The molecule has 0 spiro atoms. The minimum atomic E-state index is -0.605. The Balaban J connectivity index is 1.51. The Morgan fingerprint density at radius 2 is 2.19 bits per heavy atom. The van der Waals surface area contributed by atoms with Gasteiger partial charge in [-0.25, -0.2) is 0 Å². The average molecular weight is 226 g/mol. The fourth-order valence-corrected chi connectivity index (χ4v) is 3.25. The third kappa shape index (κ3) is 2.12. The van der Waals surface area contributed by atoms with Gasteiger partial charge in [0.15, 0.2) is 0 Å². The molecule has 2 N–H and O–H groups in total. The SMILES string of the molecule is OC1(CNC2CN3CCC2CC3)CCOC1. The largest absolute Gasteiger partial charge is 0.386 e. The quantitative estimate of drug-likeness (QED) is 0.701. The molecule has 16 heavy (non-hydrogen) atoms. The normalized spacial score (nSPS) is 47.4. The molecule has 4 nitrogen and oxygen atoms in total. The number of hydrogen-bond donors (Lipinski definition) is 2. The van der Waals surface area contributed by atoms with E-state index in [0.717, 1.165) is 12.3 Å². The van der Waals surface area contributed by atoms with E-state index in [0.29, 0.717) is 25.8 Å². The van der Waals surface area contributed by atoms with Crippen molar-refractivity contribution in [3.8, 4) is 0 Å². The highest BCUT2D eigenvalue weighted by atomic mass is 16.5. The summed E-state index contributed by atoms with van der Waals surface area (Å²) in [6, 6.07) is 0.590. The molecule has 0 radical (unpaired) electrons. The Morgan fingerprint density at radius 1 is 1.38 bits per heavy atom. The zero-order valence-electron chi connectivity index (χ0n) is 9.82. The zero-order chi connectivity index (χ0) is 11.0. The molecule has 0 saturated carbocycles. The number of rotatable bonds is 3. The summed E-state index contributed by atoms with van der Waals surface area (Å²) in [5.74, 6) is 0.830. The summed E-state index contributed by atoms with van der Waals surface area (Å²) in [6.07, 6.45) is 3.43. The molecule has 4 heterocycles. The maximum atomic E-state index is 10.2. The summed E-state index contributed by atoms with van der Waals surface area (Å²) in [5.41, 5.74) is -0.605. The molecule has 4 aliphatic heterocycles. The minimum Gasteiger partial charge on any atom is -0.386 e. The van der Waals surface area contributed by atoms with Crippen molar-refractivity contribution in [3.05, 3.63) is 0 Å². The van der Waals surface area contributed by atoms with Crippen LogP contribution in [-0.2, 0) is 4.74 Å². The smallest absolute Gasteiger partial charge is 0.102 e. The number of aliphatic hydroxyl groups is 1. The molecule has 2 atom stereocenters. The first-order chi connectivity index (χ1) is 7.75. The summed E-state index contributed by atoms with van der Waals surface area (Å²) in [6.45, 7) is 5.62. The van der Waals surface area contributed by atoms with Crippen LogP contribution in [0, 0.1) is 5.92 Å². The Kier molecular flexibility index (Phi) is 2.92. The third-order valence-electron chi connectivity index (χ3n) is 4.43. The van der Waals surface area contributed by atoms with Crippen LogP contribution in [0.4, 0.5) is 0 Å². The summed E-state index contributed by atoms with van der Waals surface area (Å²) >= 11 is 0. The highest BCUT2D eigenvalue weighted by Gasteiger charge is 2.37. The van der Waals surface area contributed by atoms with Gasteiger partial charge in [0, 0.05) is 32.2 Å². The van der Waals surface area contributed by atoms with E-state index < -0.39 is 5.60 Å². The number of ether oxygens (including phenoxy) is 1. The van der Waals surface area contributed by atoms with Crippen molar-refractivity contribution in [1.82, 2.24) is 10.2 Å². The number of hydrogen-bond acceptors (Lipinski definition) is 4. The topological polar surface area (TPSA) is 44.7 Å². The van der Waals surface area contributed by atoms with Crippen LogP contribution in [0.15, 0.2) is 0 Å². The molecule has 0 aliphatic carbocycles. The van der Waals surface area contributed by atoms with Gasteiger partial charge in [0.1, 0.15) is 5.60 Å². The Hall–Kier alpha value is -0.160. The van der Waals surface area contributed by atoms with E-state index in [2.05, 4.69) is 10.2 Å². The monoisotopic (exact) mass is 226 g/mol. The van der Waals surface area contributed by atoms with E-state index in [1.807, 2.05) is 0 Å². The van der Waals surface area contributed by atoms with Gasteiger partial charge in [0.25, 0.3) is 0 Å². The molecule has 0 aromatic heterocycles. The molecule has 4 saturated heterocycles. The van der Waals surface area contributed by atoms with E-state index in [1.165, 1.54) is 32.5 Å². The van der Waals surface area contributed by atoms with E-state index in [1.54, 1.807) is 0 Å². The predicted octanol–water partition coefficient (Wildman–Crippen LogP) is -0.178. The van der Waals surface area contributed by atoms with Crippen molar-refractivity contribution >= 4 is 0 Å². The van der Waals surface area contributed by atoms with Gasteiger partial charge in [-0.2, -0.15) is 0 Å². The molecular formula is C12H22N2O2. The van der Waals surface area contributed by atoms with Crippen LogP contribution < -0.4 is 5.32 Å². The maximum absolute atomic E-state index is 10.2. The number of piperidine rings is 3. The fourth-order valence-electron chi connectivity index (χ4n) is 3.25. The molecule has 2 unspecified atom stereocenters. The standard InChI is InChI=1S/C12H22N2O2/c15-12(3-6-16-9-12)8-13-11-7-14-4-1-10(11)2-5-14/h10-11,13,15H,1-9H2. The second-order valence-corrected chi connectivity index (χ2v) is 5.65. The van der Waals surface area contributed by atoms with Crippen molar-refractivity contribution in [2.45, 2.75) is 30.9 Å². The summed E-state index contributed by atoms with van der Waals surface area (Å²) in [4.78, 5) is 2.53. The van der Waals surface area contributed by atoms with E-state index in [4.69, 9.17) is 4.74 Å². The molecule has 0 amide bonds.